The maximum atomic E-state index is 12.1. The van der Waals surface area contributed by atoms with Crippen LogP contribution in [-0.2, 0) is 0 Å². The predicted molar refractivity (Wildman–Crippen MR) is 99.0 cm³/mol. The van der Waals surface area contributed by atoms with Crippen molar-refractivity contribution in [3.63, 3.8) is 0 Å². The number of aromatic amines is 1. The molecule has 0 atom stereocenters. The van der Waals surface area contributed by atoms with Crippen LogP contribution in [0.5, 0.6) is 11.5 Å². The summed E-state index contributed by atoms with van der Waals surface area (Å²) in [7, 11) is 3.11. The molecule has 2 aromatic carbocycles. The molecule has 0 saturated heterocycles. The fourth-order valence-electron chi connectivity index (χ4n) is 2.68. The van der Waals surface area contributed by atoms with Gasteiger partial charge in [0.25, 0.3) is 0 Å². The molecular formula is C19H17N3O4. The van der Waals surface area contributed by atoms with Crippen molar-refractivity contribution in [3.8, 4) is 34.0 Å². The first-order valence-electron chi connectivity index (χ1n) is 7.84. The highest BCUT2D eigenvalue weighted by molar-refractivity contribution is 5.71. The quantitative estimate of drug-likeness (QED) is 0.705. The van der Waals surface area contributed by atoms with E-state index in [1.54, 1.807) is 57.5 Å². The summed E-state index contributed by atoms with van der Waals surface area (Å²) in [6.45, 7) is 1.78. The monoisotopic (exact) mass is 351 g/mol. The summed E-state index contributed by atoms with van der Waals surface area (Å²) < 4.78 is 10.5. The fourth-order valence-corrected chi connectivity index (χ4v) is 2.68. The Bertz CT molecular complexity index is 1030. The second-order valence-corrected chi connectivity index (χ2v) is 5.65. The van der Waals surface area contributed by atoms with Gasteiger partial charge in [-0.15, -0.1) is 4.91 Å². The molecule has 132 valence electrons. The highest BCUT2D eigenvalue weighted by Gasteiger charge is 2.10. The van der Waals surface area contributed by atoms with Gasteiger partial charge in [0.05, 0.1) is 25.6 Å². The van der Waals surface area contributed by atoms with Gasteiger partial charge in [0.1, 0.15) is 5.69 Å². The number of hydrogen-bond acceptors (Lipinski definition) is 6. The van der Waals surface area contributed by atoms with Crippen LogP contribution >= 0.6 is 0 Å². The molecule has 26 heavy (non-hydrogen) atoms. The summed E-state index contributed by atoms with van der Waals surface area (Å²) >= 11 is 0. The van der Waals surface area contributed by atoms with Gasteiger partial charge in [0, 0.05) is 11.1 Å². The van der Waals surface area contributed by atoms with Crippen molar-refractivity contribution < 1.29 is 9.47 Å². The Morgan fingerprint density at radius 1 is 0.962 bits per heavy atom. The number of methoxy groups -OCH3 is 2. The topological polar surface area (TPSA) is 93.6 Å². The zero-order valence-corrected chi connectivity index (χ0v) is 14.6. The van der Waals surface area contributed by atoms with Crippen molar-refractivity contribution in [1.82, 2.24) is 9.97 Å². The van der Waals surface area contributed by atoms with E-state index >= 15 is 0 Å². The van der Waals surface area contributed by atoms with Crippen molar-refractivity contribution in [2.45, 2.75) is 6.92 Å². The largest absolute Gasteiger partial charge is 0.493 e. The summed E-state index contributed by atoms with van der Waals surface area (Å²) in [5.74, 6) is 1.15. The van der Waals surface area contributed by atoms with E-state index in [9.17, 15) is 9.70 Å². The minimum atomic E-state index is -0.470. The fraction of sp³-hybridized carbons (Fsp3) is 0.158. The van der Waals surface area contributed by atoms with Gasteiger partial charge in [-0.05, 0) is 54.1 Å². The van der Waals surface area contributed by atoms with Crippen LogP contribution in [-0.4, -0.2) is 24.2 Å². The van der Waals surface area contributed by atoms with Gasteiger partial charge < -0.3 is 14.5 Å². The number of nitroso groups, excluding NO2 is 1. The smallest absolute Gasteiger partial charge is 0.345 e. The number of nitrogens with zero attached hydrogens (tertiary/aromatic N) is 2. The average Bonchev–Trinajstić information content (AvgIpc) is 2.66. The van der Waals surface area contributed by atoms with Gasteiger partial charge >= 0.3 is 5.69 Å². The molecule has 3 rings (SSSR count). The predicted octanol–water partition coefficient (Wildman–Crippen LogP) is 3.83. The molecule has 3 aromatic rings. The lowest BCUT2D eigenvalue weighted by Gasteiger charge is -2.10. The van der Waals surface area contributed by atoms with Gasteiger partial charge in [-0.2, -0.15) is 4.98 Å². The number of hydrogen-bond donors (Lipinski definition) is 1. The Labute approximate surface area is 149 Å². The molecule has 0 aliphatic carbocycles. The normalized spacial score (nSPS) is 10.4. The zero-order valence-electron chi connectivity index (χ0n) is 14.6. The Kier molecular flexibility index (Phi) is 4.79. The van der Waals surface area contributed by atoms with Crippen molar-refractivity contribution in [3.05, 3.63) is 63.4 Å². The van der Waals surface area contributed by atoms with Crippen LogP contribution in [0.15, 0.2) is 52.4 Å². The number of nitrogens with one attached hydrogen (secondary N) is 1. The number of ether oxygens (including phenoxy) is 2. The molecule has 1 heterocycles. The van der Waals surface area contributed by atoms with Crippen LogP contribution in [0.2, 0.25) is 0 Å². The van der Waals surface area contributed by atoms with E-state index in [4.69, 9.17) is 9.47 Å². The molecule has 1 aromatic heterocycles. The number of aryl methyl sites for hydroxylation is 1. The van der Waals surface area contributed by atoms with Crippen LogP contribution in [0, 0.1) is 11.8 Å². The summed E-state index contributed by atoms with van der Waals surface area (Å²) in [5.41, 5.74) is 3.18. The van der Waals surface area contributed by atoms with Gasteiger partial charge in [0.15, 0.2) is 11.5 Å². The van der Waals surface area contributed by atoms with Crippen LogP contribution < -0.4 is 15.2 Å². The summed E-state index contributed by atoms with van der Waals surface area (Å²) in [6.07, 6.45) is 0. The molecule has 1 N–H and O–H groups in total. The molecular weight excluding hydrogens is 334 g/mol. The molecule has 0 aliphatic rings. The van der Waals surface area contributed by atoms with E-state index in [2.05, 4.69) is 15.1 Å². The lowest BCUT2D eigenvalue weighted by atomic mass is 10.0. The third kappa shape index (κ3) is 3.32. The Hall–Kier alpha value is -3.48. The number of rotatable bonds is 5. The molecule has 0 saturated carbocycles. The van der Waals surface area contributed by atoms with Gasteiger partial charge in [-0.25, -0.2) is 4.79 Å². The standard InChI is InChI=1S/C19H17N3O4/c1-11-8-12(4-6-14(11)22-24)15-10-16(21-19(23)20-15)13-5-7-17(25-2)18(9-13)26-3/h4-10H,1-3H3,(H,20,21,23). The zero-order chi connectivity index (χ0) is 18.7. The minimum Gasteiger partial charge on any atom is -0.493 e. The molecule has 0 amide bonds. The summed E-state index contributed by atoms with van der Waals surface area (Å²) in [6, 6.07) is 12.2. The third-order valence-corrected chi connectivity index (χ3v) is 4.03. The van der Waals surface area contributed by atoms with Gasteiger partial charge in [0.2, 0.25) is 0 Å². The van der Waals surface area contributed by atoms with Gasteiger partial charge in [-0.3, -0.25) is 0 Å². The highest BCUT2D eigenvalue weighted by Crippen LogP contribution is 2.32. The van der Waals surface area contributed by atoms with Crippen molar-refractivity contribution in [2.24, 2.45) is 5.18 Å². The summed E-state index contributed by atoms with van der Waals surface area (Å²) in [4.78, 5) is 29.5. The molecule has 0 radical (unpaired) electrons. The molecule has 0 spiro atoms. The van der Waals surface area contributed by atoms with E-state index in [1.165, 1.54) is 0 Å². The maximum absolute atomic E-state index is 12.1. The first-order chi connectivity index (χ1) is 12.5. The molecule has 0 fully saturated rings. The maximum Gasteiger partial charge on any atom is 0.345 e. The van der Waals surface area contributed by atoms with E-state index in [-0.39, 0.29) is 0 Å². The Morgan fingerprint density at radius 3 is 2.35 bits per heavy atom. The third-order valence-electron chi connectivity index (χ3n) is 4.03. The minimum absolute atomic E-state index is 0.360. The SMILES string of the molecule is COc1ccc(-c2cc(-c3ccc(N=O)c(C)c3)nc(=O)[nH]2)cc1OC. The molecule has 0 bridgehead atoms. The van der Waals surface area contributed by atoms with E-state index in [1.807, 2.05) is 6.07 Å². The molecule has 7 heteroatoms. The lowest BCUT2D eigenvalue weighted by molar-refractivity contribution is 0.355. The second-order valence-electron chi connectivity index (χ2n) is 5.65. The average molecular weight is 351 g/mol. The highest BCUT2D eigenvalue weighted by atomic mass is 16.5. The van der Waals surface area contributed by atoms with E-state index in [0.29, 0.717) is 34.1 Å². The molecule has 0 unspecified atom stereocenters. The van der Waals surface area contributed by atoms with E-state index < -0.39 is 5.69 Å². The van der Waals surface area contributed by atoms with Crippen molar-refractivity contribution in [1.29, 1.82) is 0 Å². The number of aromatic nitrogens is 2. The van der Waals surface area contributed by atoms with Crippen molar-refractivity contribution in [2.75, 3.05) is 14.2 Å². The second kappa shape index (κ2) is 7.18. The number of H-pyrrole nitrogens is 1. The summed E-state index contributed by atoms with van der Waals surface area (Å²) in [5, 5.41) is 2.96. The van der Waals surface area contributed by atoms with Gasteiger partial charge in [-0.1, -0.05) is 6.07 Å². The van der Waals surface area contributed by atoms with Crippen molar-refractivity contribution >= 4 is 5.69 Å². The lowest BCUT2D eigenvalue weighted by Crippen LogP contribution is -2.12. The van der Waals surface area contributed by atoms with E-state index in [0.717, 1.165) is 11.1 Å². The molecule has 7 nitrogen and oxygen atoms in total. The van der Waals surface area contributed by atoms with Crippen LogP contribution in [0.3, 0.4) is 0 Å². The first kappa shape index (κ1) is 17.3. The van der Waals surface area contributed by atoms with Crippen LogP contribution in [0.4, 0.5) is 5.69 Å². The molecule has 0 aliphatic heterocycles. The van der Waals surface area contributed by atoms with Crippen LogP contribution in [0.1, 0.15) is 5.56 Å². The first-order valence-corrected chi connectivity index (χ1v) is 7.84. The van der Waals surface area contributed by atoms with Crippen LogP contribution in [0.25, 0.3) is 22.5 Å². The number of benzene rings is 2. The Balaban J connectivity index is 2.10. The Morgan fingerprint density at radius 2 is 1.69 bits per heavy atom.